The van der Waals surface area contributed by atoms with Gasteiger partial charge in [-0.15, -0.1) is 0 Å². The monoisotopic (exact) mass is 422 g/mol. The Hall–Kier alpha value is -1.83. The molecule has 0 atom stereocenters. The summed E-state index contributed by atoms with van der Waals surface area (Å²) in [5.41, 5.74) is 2.79. The van der Waals surface area contributed by atoms with E-state index in [-0.39, 0.29) is 22.3 Å². The number of carbonyl (C=O) groups excluding carboxylic acids is 1. The Bertz CT molecular complexity index is 1040. The minimum Gasteiger partial charge on any atom is -0.455 e. The Morgan fingerprint density at radius 1 is 1.07 bits per heavy atom. The van der Waals surface area contributed by atoms with Crippen LogP contribution in [0.25, 0.3) is 0 Å². The molecule has 1 saturated heterocycles. The molecule has 1 fully saturated rings. The summed E-state index contributed by atoms with van der Waals surface area (Å²) in [6.45, 7) is 5.09. The summed E-state index contributed by atoms with van der Waals surface area (Å²) in [4.78, 5) is 15.0. The van der Waals surface area contributed by atoms with Crippen molar-refractivity contribution < 1.29 is 17.6 Å². The molecule has 0 bridgehead atoms. The maximum absolute atomic E-state index is 13.2. The number of hydrogen-bond donors (Lipinski definition) is 0. The van der Waals surface area contributed by atoms with Crippen molar-refractivity contribution in [3.63, 3.8) is 0 Å². The lowest BCUT2D eigenvalue weighted by Gasteiger charge is -2.30. The highest BCUT2D eigenvalue weighted by Crippen LogP contribution is 2.35. The van der Waals surface area contributed by atoms with Crippen molar-refractivity contribution in [1.29, 1.82) is 0 Å². The van der Waals surface area contributed by atoms with E-state index in [0.29, 0.717) is 24.7 Å². The molecule has 0 unspecified atom stereocenters. The molecule has 1 aromatic heterocycles. The third kappa shape index (κ3) is 3.25. The summed E-state index contributed by atoms with van der Waals surface area (Å²) in [6.07, 6.45) is 3.38. The van der Waals surface area contributed by atoms with Crippen LogP contribution < -0.4 is 4.90 Å². The van der Waals surface area contributed by atoms with Gasteiger partial charge in [0.25, 0.3) is 5.91 Å². The van der Waals surface area contributed by atoms with Gasteiger partial charge in [0.05, 0.1) is 5.69 Å². The highest BCUT2D eigenvalue weighted by molar-refractivity contribution is 7.89. The standard InChI is InChI=1S/C20H23ClN2O4S/c1-13-10-16(21)11-15-6-5-9-23(19(13)15)20(24)17-12-18(14(2)27-17)28(25,26)22-7-3-4-8-22/h10-12H,3-9H2,1-2H3. The normalized spacial score (nSPS) is 17.8. The lowest BCUT2D eigenvalue weighted by atomic mass is 9.98. The molecular weight excluding hydrogens is 400 g/mol. The van der Waals surface area contributed by atoms with E-state index in [2.05, 4.69) is 0 Å². The Morgan fingerprint density at radius 3 is 2.50 bits per heavy atom. The molecule has 0 aliphatic carbocycles. The van der Waals surface area contributed by atoms with E-state index in [9.17, 15) is 13.2 Å². The topological polar surface area (TPSA) is 70.8 Å². The minimum absolute atomic E-state index is 0.0532. The fourth-order valence-corrected chi connectivity index (χ4v) is 6.13. The van der Waals surface area contributed by atoms with Crippen molar-refractivity contribution >= 4 is 33.2 Å². The van der Waals surface area contributed by atoms with Gasteiger partial charge in [-0.1, -0.05) is 11.6 Å². The Morgan fingerprint density at radius 2 is 1.79 bits per heavy atom. The van der Waals surface area contributed by atoms with Crippen molar-refractivity contribution in [3.05, 3.63) is 45.9 Å². The molecule has 3 heterocycles. The highest BCUT2D eigenvalue weighted by atomic mass is 35.5. The number of aryl methyl sites for hydroxylation is 3. The van der Waals surface area contributed by atoms with Gasteiger partial charge in [-0.05, 0) is 62.8 Å². The van der Waals surface area contributed by atoms with Gasteiger partial charge in [0, 0.05) is 30.7 Å². The number of benzene rings is 1. The number of carbonyl (C=O) groups is 1. The van der Waals surface area contributed by atoms with Crippen LogP contribution in [0.1, 0.15) is 46.7 Å². The van der Waals surface area contributed by atoms with Crippen LogP contribution in [0, 0.1) is 13.8 Å². The molecule has 2 aliphatic heterocycles. The molecule has 8 heteroatoms. The number of nitrogens with zero attached hydrogens (tertiary/aromatic N) is 2. The average molecular weight is 423 g/mol. The number of hydrogen-bond acceptors (Lipinski definition) is 4. The van der Waals surface area contributed by atoms with Crippen LogP contribution in [-0.4, -0.2) is 38.3 Å². The smallest absolute Gasteiger partial charge is 0.294 e. The Balaban J connectivity index is 1.70. The fourth-order valence-electron chi connectivity index (χ4n) is 4.15. The van der Waals surface area contributed by atoms with Crippen molar-refractivity contribution in [2.24, 2.45) is 0 Å². The van der Waals surface area contributed by atoms with Crippen molar-refractivity contribution in [2.75, 3.05) is 24.5 Å². The molecule has 6 nitrogen and oxygen atoms in total. The number of anilines is 1. The molecule has 4 rings (SSSR count). The van der Waals surface area contributed by atoms with E-state index in [1.165, 1.54) is 10.4 Å². The Labute approximate surface area is 170 Å². The summed E-state index contributed by atoms with van der Waals surface area (Å²) >= 11 is 6.17. The second-order valence-electron chi connectivity index (χ2n) is 7.43. The first-order chi connectivity index (χ1) is 13.3. The SMILES string of the molecule is Cc1cc(Cl)cc2c1N(C(=O)c1cc(S(=O)(=O)N3CCCC3)c(C)o1)CCC2. The third-order valence-electron chi connectivity index (χ3n) is 5.45. The van der Waals surface area contributed by atoms with Crippen LogP contribution in [0.2, 0.25) is 5.02 Å². The lowest BCUT2D eigenvalue weighted by Crippen LogP contribution is -2.36. The van der Waals surface area contributed by atoms with Gasteiger partial charge in [-0.2, -0.15) is 4.31 Å². The summed E-state index contributed by atoms with van der Waals surface area (Å²) < 4.78 is 32.9. The first-order valence-corrected chi connectivity index (χ1v) is 11.3. The molecule has 2 aromatic rings. The van der Waals surface area contributed by atoms with Crippen molar-refractivity contribution in [1.82, 2.24) is 4.31 Å². The van der Waals surface area contributed by atoms with E-state index in [1.807, 2.05) is 19.1 Å². The van der Waals surface area contributed by atoms with Gasteiger partial charge in [0.1, 0.15) is 10.7 Å². The first-order valence-electron chi connectivity index (χ1n) is 9.50. The first kappa shape index (κ1) is 19.5. The molecule has 28 heavy (non-hydrogen) atoms. The van der Waals surface area contributed by atoms with E-state index < -0.39 is 10.0 Å². The number of rotatable bonds is 3. The van der Waals surface area contributed by atoms with Crippen LogP contribution in [0.15, 0.2) is 27.5 Å². The number of halogens is 1. The van der Waals surface area contributed by atoms with Gasteiger partial charge in [-0.25, -0.2) is 8.42 Å². The molecule has 1 amide bonds. The summed E-state index contributed by atoms with van der Waals surface area (Å²) in [5.74, 6) is -0.0184. The lowest BCUT2D eigenvalue weighted by molar-refractivity contribution is 0.0957. The number of fused-ring (bicyclic) bond motifs is 1. The molecule has 0 saturated carbocycles. The van der Waals surface area contributed by atoms with E-state index in [0.717, 1.165) is 42.5 Å². The largest absolute Gasteiger partial charge is 0.455 e. The van der Waals surface area contributed by atoms with Gasteiger partial charge >= 0.3 is 0 Å². The van der Waals surface area contributed by atoms with Gasteiger partial charge in [-0.3, -0.25) is 4.79 Å². The van der Waals surface area contributed by atoms with Crippen LogP contribution in [-0.2, 0) is 16.4 Å². The number of sulfonamides is 1. The Kier molecular flexibility index (Phi) is 5.02. The zero-order chi connectivity index (χ0) is 20.1. The van der Waals surface area contributed by atoms with Crippen LogP contribution >= 0.6 is 11.6 Å². The maximum atomic E-state index is 13.2. The predicted octanol–water partition coefficient (Wildman–Crippen LogP) is 3.93. The number of furan rings is 1. The van der Waals surface area contributed by atoms with Crippen LogP contribution in [0.3, 0.4) is 0 Å². The summed E-state index contributed by atoms with van der Waals surface area (Å²) in [7, 11) is -3.64. The van der Waals surface area contributed by atoms with E-state index in [1.54, 1.807) is 11.8 Å². The third-order valence-corrected chi connectivity index (χ3v) is 7.68. The van der Waals surface area contributed by atoms with Crippen LogP contribution in [0.4, 0.5) is 5.69 Å². The zero-order valence-corrected chi connectivity index (χ0v) is 17.6. The summed E-state index contributed by atoms with van der Waals surface area (Å²) in [6, 6.07) is 5.10. The van der Waals surface area contributed by atoms with Gasteiger partial charge < -0.3 is 9.32 Å². The quantitative estimate of drug-likeness (QED) is 0.751. The molecule has 0 spiro atoms. The van der Waals surface area contributed by atoms with Gasteiger partial charge in [0.2, 0.25) is 10.0 Å². The van der Waals surface area contributed by atoms with E-state index >= 15 is 0 Å². The number of amides is 1. The zero-order valence-electron chi connectivity index (χ0n) is 16.0. The molecule has 150 valence electrons. The van der Waals surface area contributed by atoms with Crippen molar-refractivity contribution in [3.8, 4) is 0 Å². The minimum atomic E-state index is -3.64. The van der Waals surface area contributed by atoms with Crippen LogP contribution in [0.5, 0.6) is 0 Å². The van der Waals surface area contributed by atoms with E-state index in [4.69, 9.17) is 16.0 Å². The fraction of sp³-hybridized carbons (Fsp3) is 0.450. The maximum Gasteiger partial charge on any atom is 0.294 e. The highest BCUT2D eigenvalue weighted by Gasteiger charge is 2.34. The van der Waals surface area contributed by atoms with Crippen molar-refractivity contribution in [2.45, 2.75) is 44.4 Å². The average Bonchev–Trinajstić information content (AvgIpc) is 3.30. The molecule has 0 radical (unpaired) electrons. The molecular formula is C20H23ClN2O4S. The summed E-state index contributed by atoms with van der Waals surface area (Å²) in [5, 5.41) is 0.651. The second kappa shape index (κ2) is 7.21. The predicted molar refractivity (Wildman–Crippen MR) is 108 cm³/mol. The second-order valence-corrected chi connectivity index (χ2v) is 9.78. The molecule has 2 aliphatic rings. The molecule has 1 aromatic carbocycles. The van der Waals surface area contributed by atoms with Gasteiger partial charge in [0.15, 0.2) is 5.76 Å². The molecule has 0 N–H and O–H groups in total.